The minimum absolute atomic E-state index is 0.226. The van der Waals surface area contributed by atoms with Gasteiger partial charge in [-0.25, -0.2) is 0 Å². The van der Waals surface area contributed by atoms with E-state index in [1.807, 2.05) is 6.92 Å². The minimum atomic E-state index is -0.391. The van der Waals surface area contributed by atoms with Gasteiger partial charge in [0.1, 0.15) is 5.75 Å². The first-order valence-corrected chi connectivity index (χ1v) is 10.0. The van der Waals surface area contributed by atoms with Gasteiger partial charge in [-0.1, -0.05) is 40.9 Å². The highest BCUT2D eigenvalue weighted by Crippen LogP contribution is 2.26. The molecule has 0 saturated heterocycles. The Morgan fingerprint density at radius 3 is 2.33 bits per heavy atom. The average molecular weight is 464 g/mol. The molecule has 154 valence electrons. The lowest BCUT2D eigenvalue weighted by atomic mass is 10.1. The minimum Gasteiger partial charge on any atom is -0.484 e. The molecule has 2 N–H and O–H groups in total. The zero-order chi connectivity index (χ0) is 21.7. The third kappa shape index (κ3) is 5.66. The van der Waals surface area contributed by atoms with E-state index in [0.717, 1.165) is 5.56 Å². The zero-order valence-corrected chi connectivity index (χ0v) is 18.1. The van der Waals surface area contributed by atoms with Crippen LogP contribution in [0.1, 0.15) is 15.9 Å². The van der Waals surface area contributed by atoms with Crippen molar-refractivity contribution >= 4 is 58.0 Å². The smallest absolute Gasteiger partial charge is 0.262 e. The number of rotatable bonds is 6. The molecule has 30 heavy (non-hydrogen) atoms. The van der Waals surface area contributed by atoms with Crippen molar-refractivity contribution in [1.82, 2.24) is 0 Å². The summed E-state index contributed by atoms with van der Waals surface area (Å²) < 4.78 is 5.46. The van der Waals surface area contributed by atoms with E-state index in [1.54, 1.807) is 60.7 Å². The molecule has 2 amide bonds. The molecule has 0 unspecified atom stereocenters. The van der Waals surface area contributed by atoms with Gasteiger partial charge in [-0.2, -0.15) is 0 Å². The van der Waals surface area contributed by atoms with E-state index in [9.17, 15) is 9.59 Å². The number of hydrogen-bond acceptors (Lipinski definition) is 3. The number of benzene rings is 3. The predicted molar refractivity (Wildman–Crippen MR) is 121 cm³/mol. The molecule has 0 saturated carbocycles. The van der Waals surface area contributed by atoms with E-state index in [2.05, 4.69) is 10.6 Å². The number of nitrogens with one attached hydrogen (secondary N) is 2. The molecule has 0 radical (unpaired) electrons. The Kier molecular flexibility index (Phi) is 7.21. The summed E-state index contributed by atoms with van der Waals surface area (Å²) in [7, 11) is 0. The van der Waals surface area contributed by atoms with Gasteiger partial charge in [0.15, 0.2) is 6.61 Å². The molecule has 3 aromatic carbocycles. The van der Waals surface area contributed by atoms with Crippen LogP contribution in [0.25, 0.3) is 0 Å². The predicted octanol–water partition coefficient (Wildman–Crippen LogP) is 6.23. The Hall–Kier alpha value is -2.73. The Bertz CT molecular complexity index is 1090. The van der Waals surface area contributed by atoms with Gasteiger partial charge in [-0.15, -0.1) is 0 Å². The summed E-state index contributed by atoms with van der Waals surface area (Å²) >= 11 is 18.0. The molecule has 3 aromatic rings. The number of carbonyl (C=O) groups is 2. The van der Waals surface area contributed by atoms with Crippen molar-refractivity contribution in [1.29, 1.82) is 0 Å². The highest BCUT2D eigenvalue weighted by Gasteiger charge is 2.11. The fraction of sp³-hybridized carbons (Fsp3) is 0.0909. The number of halogens is 3. The van der Waals surface area contributed by atoms with Crippen molar-refractivity contribution in [3.63, 3.8) is 0 Å². The molecule has 0 aliphatic rings. The van der Waals surface area contributed by atoms with E-state index in [1.165, 1.54) is 0 Å². The molecule has 0 aliphatic heterocycles. The van der Waals surface area contributed by atoms with Crippen molar-refractivity contribution < 1.29 is 14.3 Å². The van der Waals surface area contributed by atoms with Crippen LogP contribution in [-0.4, -0.2) is 18.4 Å². The van der Waals surface area contributed by atoms with Gasteiger partial charge >= 0.3 is 0 Å². The van der Waals surface area contributed by atoms with Crippen LogP contribution in [0.5, 0.6) is 5.75 Å². The lowest BCUT2D eigenvalue weighted by Gasteiger charge is -2.11. The second kappa shape index (κ2) is 9.85. The van der Waals surface area contributed by atoms with E-state index < -0.39 is 5.91 Å². The lowest BCUT2D eigenvalue weighted by molar-refractivity contribution is -0.118. The first-order valence-electron chi connectivity index (χ1n) is 8.87. The highest BCUT2D eigenvalue weighted by atomic mass is 35.5. The quantitative estimate of drug-likeness (QED) is 0.456. The Labute approximate surface area is 188 Å². The highest BCUT2D eigenvalue weighted by molar-refractivity contribution is 6.35. The first kappa shape index (κ1) is 22.0. The molecule has 0 spiro atoms. The number of hydrogen-bond donors (Lipinski definition) is 2. The van der Waals surface area contributed by atoms with E-state index >= 15 is 0 Å². The molecule has 0 bridgehead atoms. The van der Waals surface area contributed by atoms with Gasteiger partial charge < -0.3 is 15.4 Å². The molecule has 0 aliphatic carbocycles. The second-order valence-corrected chi connectivity index (χ2v) is 7.60. The maximum Gasteiger partial charge on any atom is 0.262 e. The van der Waals surface area contributed by atoms with Gasteiger partial charge in [0.2, 0.25) is 0 Å². The Morgan fingerprint density at radius 1 is 0.867 bits per heavy atom. The van der Waals surface area contributed by atoms with Gasteiger partial charge in [-0.3, -0.25) is 9.59 Å². The summed E-state index contributed by atoms with van der Waals surface area (Å²) in [5, 5.41) is 6.86. The maximum atomic E-state index is 12.4. The Morgan fingerprint density at radius 2 is 1.60 bits per heavy atom. The van der Waals surface area contributed by atoms with Crippen LogP contribution >= 0.6 is 34.8 Å². The van der Waals surface area contributed by atoms with Gasteiger partial charge in [0.25, 0.3) is 11.8 Å². The normalized spacial score (nSPS) is 10.4. The van der Waals surface area contributed by atoms with Crippen LogP contribution in [0.15, 0.2) is 60.7 Å². The summed E-state index contributed by atoms with van der Waals surface area (Å²) in [6.07, 6.45) is 0. The summed E-state index contributed by atoms with van der Waals surface area (Å²) in [4.78, 5) is 24.5. The van der Waals surface area contributed by atoms with E-state index in [-0.39, 0.29) is 12.5 Å². The molecule has 3 rings (SSSR count). The summed E-state index contributed by atoms with van der Waals surface area (Å²) in [6, 6.07) is 16.5. The van der Waals surface area contributed by atoms with Crippen LogP contribution in [0.4, 0.5) is 11.4 Å². The molecular weight excluding hydrogens is 447 g/mol. The summed E-state index contributed by atoms with van der Waals surface area (Å²) in [6.45, 7) is 1.60. The van der Waals surface area contributed by atoms with Crippen LogP contribution in [0.3, 0.4) is 0 Å². The SMILES string of the molecule is Cc1c(Cl)cccc1NC(=O)c1ccc(OCC(=O)Nc2cc(Cl)ccc2Cl)cc1. The second-order valence-electron chi connectivity index (χ2n) is 6.35. The van der Waals surface area contributed by atoms with Crippen LogP contribution < -0.4 is 15.4 Å². The molecule has 0 fully saturated rings. The monoisotopic (exact) mass is 462 g/mol. The van der Waals surface area contributed by atoms with Gasteiger partial charge in [0.05, 0.1) is 10.7 Å². The van der Waals surface area contributed by atoms with Crippen LogP contribution in [0.2, 0.25) is 15.1 Å². The van der Waals surface area contributed by atoms with Gasteiger partial charge in [-0.05, 0) is 67.1 Å². The molecule has 0 aromatic heterocycles. The molecule has 8 heteroatoms. The fourth-order valence-electron chi connectivity index (χ4n) is 2.57. The number of ether oxygens (including phenoxy) is 1. The van der Waals surface area contributed by atoms with Crippen molar-refractivity contribution in [2.75, 3.05) is 17.2 Å². The van der Waals surface area contributed by atoms with E-state index in [4.69, 9.17) is 39.5 Å². The standard InChI is InChI=1S/C22H17Cl3N2O3/c1-13-17(24)3-2-4-19(13)27-22(29)14-5-8-16(9-6-14)30-12-21(28)26-20-11-15(23)7-10-18(20)25/h2-11H,12H2,1H3,(H,26,28)(H,27,29). The maximum absolute atomic E-state index is 12.4. The molecule has 0 heterocycles. The number of amides is 2. The third-order valence-corrected chi connectivity index (χ3v) is 5.18. The average Bonchev–Trinajstić information content (AvgIpc) is 2.73. The van der Waals surface area contributed by atoms with Crippen molar-refractivity contribution in [3.05, 3.63) is 86.9 Å². The molecule has 5 nitrogen and oxygen atoms in total. The summed E-state index contributed by atoms with van der Waals surface area (Å²) in [5.41, 5.74) is 2.28. The zero-order valence-electron chi connectivity index (χ0n) is 15.8. The van der Waals surface area contributed by atoms with Gasteiger partial charge in [0, 0.05) is 21.3 Å². The third-order valence-electron chi connectivity index (χ3n) is 4.20. The number of carbonyl (C=O) groups excluding carboxylic acids is 2. The van der Waals surface area contributed by atoms with E-state index in [0.29, 0.717) is 37.8 Å². The summed E-state index contributed by atoms with van der Waals surface area (Å²) in [5.74, 6) is -0.226. The largest absolute Gasteiger partial charge is 0.484 e. The topological polar surface area (TPSA) is 67.4 Å². The Balaban J connectivity index is 1.56. The fourth-order valence-corrected chi connectivity index (χ4v) is 3.08. The lowest BCUT2D eigenvalue weighted by Crippen LogP contribution is -2.20. The molecular formula is C22H17Cl3N2O3. The van der Waals surface area contributed by atoms with Crippen molar-refractivity contribution in [2.45, 2.75) is 6.92 Å². The van der Waals surface area contributed by atoms with Crippen molar-refractivity contribution in [2.24, 2.45) is 0 Å². The molecule has 0 atom stereocenters. The first-order chi connectivity index (χ1) is 14.3. The number of anilines is 2. The van der Waals surface area contributed by atoms with Crippen LogP contribution in [0, 0.1) is 6.92 Å². The van der Waals surface area contributed by atoms with Crippen LogP contribution in [-0.2, 0) is 4.79 Å². The van der Waals surface area contributed by atoms with Crippen molar-refractivity contribution in [3.8, 4) is 5.75 Å².